The molecule has 98 valence electrons. The summed E-state index contributed by atoms with van der Waals surface area (Å²) in [7, 11) is 1.95. The van der Waals surface area contributed by atoms with Crippen LogP contribution >= 0.6 is 0 Å². The fraction of sp³-hybridized carbons (Fsp3) is 0.267. The SMILES string of the molecule is CNC1CCN(C(=O)c2ccco2)c2ccccc21. The molecule has 2 aromatic rings. The third-order valence-electron chi connectivity index (χ3n) is 3.57. The molecular weight excluding hydrogens is 240 g/mol. The minimum Gasteiger partial charge on any atom is -0.459 e. The topological polar surface area (TPSA) is 45.5 Å². The van der Waals surface area contributed by atoms with Gasteiger partial charge in [0.05, 0.1) is 6.26 Å². The van der Waals surface area contributed by atoms with Crippen molar-refractivity contribution in [1.29, 1.82) is 0 Å². The zero-order valence-corrected chi connectivity index (χ0v) is 10.8. The number of nitrogens with zero attached hydrogens (tertiary/aromatic N) is 1. The van der Waals surface area contributed by atoms with E-state index in [1.165, 1.54) is 6.26 Å². The molecule has 4 nitrogen and oxygen atoms in total. The number of furan rings is 1. The zero-order valence-electron chi connectivity index (χ0n) is 10.8. The summed E-state index contributed by atoms with van der Waals surface area (Å²) in [6.07, 6.45) is 2.43. The van der Waals surface area contributed by atoms with Crippen LogP contribution in [-0.2, 0) is 0 Å². The van der Waals surface area contributed by atoms with Crippen LogP contribution in [0.3, 0.4) is 0 Å². The molecule has 3 rings (SSSR count). The number of fused-ring (bicyclic) bond motifs is 1. The molecule has 1 unspecified atom stereocenters. The van der Waals surface area contributed by atoms with Crippen molar-refractivity contribution in [1.82, 2.24) is 5.32 Å². The Morgan fingerprint density at radius 3 is 2.89 bits per heavy atom. The van der Waals surface area contributed by atoms with Crippen molar-refractivity contribution in [2.45, 2.75) is 12.5 Å². The van der Waals surface area contributed by atoms with Crippen LogP contribution in [0.1, 0.15) is 28.6 Å². The van der Waals surface area contributed by atoms with Gasteiger partial charge < -0.3 is 14.6 Å². The average molecular weight is 256 g/mol. The van der Waals surface area contributed by atoms with E-state index in [1.54, 1.807) is 17.0 Å². The van der Waals surface area contributed by atoms with Crippen LogP contribution in [0.4, 0.5) is 5.69 Å². The van der Waals surface area contributed by atoms with Gasteiger partial charge in [0.1, 0.15) is 0 Å². The van der Waals surface area contributed by atoms with E-state index >= 15 is 0 Å². The van der Waals surface area contributed by atoms with Gasteiger partial charge in [-0.25, -0.2) is 0 Å². The fourth-order valence-electron chi connectivity index (χ4n) is 2.61. The van der Waals surface area contributed by atoms with Gasteiger partial charge in [-0.05, 0) is 37.2 Å². The van der Waals surface area contributed by atoms with Crippen molar-refractivity contribution in [2.24, 2.45) is 0 Å². The fourth-order valence-corrected chi connectivity index (χ4v) is 2.61. The summed E-state index contributed by atoms with van der Waals surface area (Å²) in [5, 5.41) is 3.29. The van der Waals surface area contributed by atoms with Gasteiger partial charge >= 0.3 is 0 Å². The summed E-state index contributed by atoms with van der Waals surface area (Å²) in [6, 6.07) is 11.8. The maximum atomic E-state index is 12.4. The smallest absolute Gasteiger partial charge is 0.293 e. The highest BCUT2D eigenvalue weighted by molar-refractivity contribution is 6.05. The molecule has 1 atom stereocenters. The largest absolute Gasteiger partial charge is 0.459 e. The molecule has 0 spiro atoms. The second kappa shape index (κ2) is 4.90. The molecule has 1 aliphatic rings. The summed E-state index contributed by atoms with van der Waals surface area (Å²) in [6.45, 7) is 0.696. The van der Waals surface area contributed by atoms with Crippen LogP contribution in [-0.4, -0.2) is 19.5 Å². The summed E-state index contributed by atoms with van der Waals surface area (Å²) >= 11 is 0. The summed E-state index contributed by atoms with van der Waals surface area (Å²) in [4.78, 5) is 14.2. The summed E-state index contributed by atoms with van der Waals surface area (Å²) < 4.78 is 5.21. The molecule has 1 N–H and O–H groups in total. The lowest BCUT2D eigenvalue weighted by atomic mass is 9.96. The number of carbonyl (C=O) groups is 1. The van der Waals surface area contributed by atoms with Gasteiger partial charge in [0, 0.05) is 18.3 Å². The Morgan fingerprint density at radius 2 is 2.16 bits per heavy atom. The highest BCUT2D eigenvalue weighted by Crippen LogP contribution is 2.34. The molecule has 2 heterocycles. The molecule has 4 heteroatoms. The number of hydrogen-bond donors (Lipinski definition) is 1. The number of para-hydroxylation sites is 1. The van der Waals surface area contributed by atoms with Crippen molar-refractivity contribution in [2.75, 3.05) is 18.5 Å². The molecule has 1 aromatic carbocycles. The van der Waals surface area contributed by atoms with Crippen molar-refractivity contribution >= 4 is 11.6 Å². The van der Waals surface area contributed by atoms with E-state index in [2.05, 4.69) is 11.4 Å². The minimum atomic E-state index is -0.0768. The number of amides is 1. The predicted octanol–water partition coefficient (Wildman–Crippen LogP) is 2.59. The van der Waals surface area contributed by atoms with Gasteiger partial charge in [-0.15, -0.1) is 0 Å². The van der Waals surface area contributed by atoms with Crippen molar-refractivity contribution in [3.8, 4) is 0 Å². The maximum Gasteiger partial charge on any atom is 0.293 e. The van der Waals surface area contributed by atoms with Crippen LogP contribution in [0.2, 0.25) is 0 Å². The van der Waals surface area contributed by atoms with E-state index in [0.717, 1.165) is 17.7 Å². The Hall–Kier alpha value is -2.07. The van der Waals surface area contributed by atoms with E-state index in [9.17, 15) is 4.79 Å². The van der Waals surface area contributed by atoms with Crippen LogP contribution in [0.25, 0.3) is 0 Å². The molecule has 0 radical (unpaired) electrons. The molecule has 19 heavy (non-hydrogen) atoms. The van der Waals surface area contributed by atoms with Crippen molar-refractivity contribution in [3.05, 3.63) is 54.0 Å². The number of anilines is 1. The molecule has 1 aliphatic heterocycles. The molecule has 1 amide bonds. The molecular formula is C15H16N2O2. The first-order valence-corrected chi connectivity index (χ1v) is 6.43. The number of benzene rings is 1. The van der Waals surface area contributed by atoms with E-state index in [0.29, 0.717) is 18.3 Å². The van der Waals surface area contributed by atoms with Gasteiger partial charge in [-0.2, -0.15) is 0 Å². The first-order valence-electron chi connectivity index (χ1n) is 6.43. The third-order valence-corrected chi connectivity index (χ3v) is 3.57. The number of hydrogen-bond acceptors (Lipinski definition) is 3. The second-order valence-electron chi connectivity index (χ2n) is 4.62. The van der Waals surface area contributed by atoms with Gasteiger partial charge in [-0.3, -0.25) is 4.79 Å². The van der Waals surface area contributed by atoms with Gasteiger partial charge in [0.15, 0.2) is 5.76 Å². The predicted molar refractivity (Wildman–Crippen MR) is 73.2 cm³/mol. The van der Waals surface area contributed by atoms with Gasteiger partial charge in [0.25, 0.3) is 5.91 Å². The third kappa shape index (κ3) is 2.04. The molecule has 0 fully saturated rings. The molecule has 0 saturated heterocycles. The Bertz CT molecular complexity index is 578. The molecule has 0 aliphatic carbocycles. The van der Waals surface area contributed by atoms with E-state index < -0.39 is 0 Å². The van der Waals surface area contributed by atoms with Gasteiger partial charge in [0.2, 0.25) is 0 Å². The minimum absolute atomic E-state index is 0.0768. The van der Waals surface area contributed by atoms with E-state index in [1.807, 2.05) is 25.2 Å². The normalized spacial score (nSPS) is 18.2. The standard InChI is InChI=1S/C15H16N2O2/c1-16-12-8-9-17(13-6-3-2-5-11(12)13)15(18)14-7-4-10-19-14/h2-7,10,12,16H,8-9H2,1H3. The molecule has 0 bridgehead atoms. The highest BCUT2D eigenvalue weighted by Gasteiger charge is 2.29. The lowest BCUT2D eigenvalue weighted by Crippen LogP contribution is -2.38. The van der Waals surface area contributed by atoms with Crippen molar-refractivity contribution < 1.29 is 9.21 Å². The Kier molecular flexibility index (Phi) is 3.09. The van der Waals surface area contributed by atoms with Crippen LogP contribution in [0, 0.1) is 0 Å². The summed E-state index contributed by atoms with van der Waals surface area (Å²) in [5.41, 5.74) is 2.13. The van der Waals surface area contributed by atoms with E-state index in [-0.39, 0.29) is 5.91 Å². The average Bonchev–Trinajstić information content (AvgIpc) is 2.99. The number of nitrogens with one attached hydrogen (secondary N) is 1. The summed E-state index contributed by atoms with van der Waals surface area (Å²) in [5.74, 6) is 0.310. The van der Waals surface area contributed by atoms with Crippen LogP contribution in [0.5, 0.6) is 0 Å². The van der Waals surface area contributed by atoms with Crippen LogP contribution in [0.15, 0.2) is 47.1 Å². The maximum absolute atomic E-state index is 12.4. The number of rotatable bonds is 2. The first-order chi connectivity index (χ1) is 9.31. The number of carbonyl (C=O) groups excluding carboxylic acids is 1. The molecule has 1 aromatic heterocycles. The Labute approximate surface area is 112 Å². The lowest BCUT2D eigenvalue weighted by molar-refractivity contribution is 0.0957. The second-order valence-corrected chi connectivity index (χ2v) is 4.62. The Morgan fingerprint density at radius 1 is 1.32 bits per heavy atom. The lowest BCUT2D eigenvalue weighted by Gasteiger charge is -2.33. The van der Waals surface area contributed by atoms with E-state index in [4.69, 9.17) is 4.42 Å². The monoisotopic (exact) mass is 256 g/mol. The van der Waals surface area contributed by atoms with Crippen LogP contribution < -0.4 is 10.2 Å². The van der Waals surface area contributed by atoms with Gasteiger partial charge in [-0.1, -0.05) is 18.2 Å². The Balaban J connectivity index is 1.98. The zero-order chi connectivity index (χ0) is 13.2. The quantitative estimate of drug-likeness (QED) is 0.898. The first kappa shape index (κ1) is 12.0. The molecule has 0 saturated carbocycles. The highest BCUT2D eigenvalue weighted by atomic mass is 16.3. The van der Waals surface area contributed by atoms with Crippen molar-refractivity contribution in [3.63, 3.8) is 0 Å².